The zero-order valence-electron chi connectivity index (χ0n) is 29.7. The summed E-state index contributed by atoms with van der Waals surface area (Å²) in [6, 6.07) is -9.02. The molecule has 5 atom stereocenters. The number of carbonyl (C=O) groups excluding carboxylic acids is 8. The Hall–Kier alpha value is -4.77. The van der Waals surface area contributed by atoms with Crippen LogP contribution >= 0.6 is 0 Å². The Labute approximate surface area is 281 Å². The summed E-state index contributed by atoms with van der Waals surface area (Å²) < 4.78 is 0. The number of imide groups is 3. The number of aliphatic carboxylic acids is 1. The van der Waals surface area contributed by atoms with Gasteiger partial charge in [0.25, 0.3) is 11.8 Å². The zero-order chi connectivity index (χ0) is 37.6. The van der Waals surface area contributed by atoms with Gasteiger partial charge in [0.15, 0.2) is 0 Å². The van der Waals surface area contributed by atoms with E-state index < -0.39 is 83.7 Å². The lowest BCUT2D eigenvalue weighted by molar-refractivity contribution is -0.159. The average Bonchev–Trinajstić information content (AvgIpc) is 3.01. The fourth-order valence-electron chi connectivity index (χ4n) is 4.68. The van der Waals surface area contributed by atoms with Crippen LogP contribution < -0.4 is 21.3 Å². The number of carboxylic acids is 1. The van der Waals surface area contributed by atoms with Crippen LogP contribution in [0.3, 0.4) is 0 Å². The summed E-state index contributed by atoms with van der Waals surface area (Å²) in [5, 5.41) is 18.3. The quantitative estimate of drug-likeness (QED) is 0.147. The summed E-state index contributed by atoms with van der Waals surface area (Å²) in [6.07, 6.45) is 1.08. The summed E-state index contributed by atoms with van der Waals surface area (Å²) in [5.74, 6) is -5.87. The number of nitrogens with one attached hydrogen (secondary N) is 4. The third-order valence-electron chi connectivity index (χ3n) is 7.77. The van der Waals surface area contributed by atoms with Gasteiger partial charge < -0.3 is 30.4 Å². The molecule has 272 valence electrons. The largest absolute Gasteiger partial charge is 0.479 e. The summed E-state index contributed by atoms with van der Waals surface area (Å²) in [7, 11) is 6.12. The molecule has 11 amide bonds. The Balaban J connectivity index is 5.66. The number of carboxylic acid groups (broad SMARTS) is 1. The Morgan fingerprint density at radius 2 is 1.27 bits per heavy atom. The van der Waals surface area contributed by atoms with Crippen molar-refractivity contribution >= 4 is 53.6 Å². The molecular weight excluding hydrogens is 632 g/mol. The summed E-state index contributed by atoms with van der Waals surface area (Å²) >= 11 is 0. The molecule has 0 aromatic carbocycles. The van der Waals surface area contributed by atoms with E-state index in [1.807, 2.05) is 24.5 Å². The van der Waals surface area contributed by atoms with Gasteiger partial charge in [-0.25, -0.2) is 24.1 Å². The van der Waals surface area contributed by atoms with E-state index in [2.05, 4.69) is 10.6 Å². The van der Waals surface area contributed by atoms with E-state index in [0.717, 1.165) is 30.9 Å². The van der Waals surface area contributed by atoms with Crippen LogP contribution in [0, 0.1) is 11.8 Å². The van der Waals surface area contributed by atoms with Crippen molar-refractivity contribution in [2.45, 2.75) is 91.4 Å². The first-order chi connectivity index (χ1) is 22.2. The highest BCUT2D eigenvalue weighted by Crippen LogP contribution is 2.17. The molecule has 0 aliphatic carbocycles. The number of amides is 11. The highest BCUT2D eigenvalue weighted by atomic mass is 16.4. The first-order valence-electron chi connectivity index (χ1n) is 15.6. The van der Waals surface area contributed by atoms with Crippen LogP contribution in [0.25, 0.3) is 0 Å². The van der Waals surface area contributed by atoms with Gasteiger partial charge in [-0.05, 0) is 31.6 Å². The maximum atomic E-state index is 13.3. The van der Waals surface area contributed by atoms with Crippen molar-refractivity contribution in [2.24, 2.45) is 11.8 Å². The fraction of sp³-hybridized carbons (Fsp3) is 0.700. The second kappa shape index (κ2) is 19.8. The molecule has 0 fully saturated rings. The molecule has 0 rings (SSSR count). The lowest BCUT2D eigenvalue weighted by atomic mass is 9.96. The van der Waals surface area contributed by atoms with Gasteiger partial charge in [0.1, 0.15) is 18.1 Å². The molecule has 18 heteroatoms. The van der Waals surface area contributed by atoms with Crippen LogP contribution in [0.4, 0.5) is 14.4 Å². The van der Waals surface area contributed by atoms with E-state index in [0.29, 0.717) is 24.2 Å². The van der Waals surface area contributed by atoms with E-state index in [-0.39, 0.29) is 12.3 Å². The minimum Gasteiger partial charge on any atom is -0.479 e. The molecular formula is C30H52N8O10. The van der Waals surface area contributed by atoms with Crippen LogP contribution in [-0.2, 0) is 28.8 Å². The van der Waals surface area contributed by atoms with E-state index in [9.17, 15) is 48.3 Å². The van der Waals surface area contributed by atoms with E-state index >= 15 is 0 Å². The number of likely N-dealkylation sites (N-methyl/N-ethyl adjacent to an activating group) is 4. The minimum absolute atomic E-state index is 0.00378. The SMILES string of the molecule is CCCC(=O)N(C)C(C(=O)O)C(=O)N(C)[C@H](C(=O)NC(=O)N(C)C(=O)NC(=O)N[C@@H](C)C(=O)N(C)[C@@H](CC(C)C)C(=O)NC)C(C)CC. The van der Waals surface area contributed by atoms with Crippen molar-refractivity contribution in [2.75, 3.05) is 35.2 Å². The maximum absolute atomic E-state index is 13.3. The molecule has 0 saturated heterocycles. The first-order valence-corrected chi connectivity index (χ1v) is 15.6. The van der Waals surface area contributed by atoms with Crippen LogP contribution in [0.1, 0.15) is 67.2 Å². The molecule has 0 aromatic rings. The van der Waals surface area contributed by atoms with Crippen LogP contribution in [0.2, 0.25) is 0 Å². The van der Waals surface area contributed by atoms with Gasteiger partial charge in [0.2, 0.25) is 23.8 Å². The van der Waals surface area contributed by atoms with Gasteiger partial charge in [-0.3, -0.25) is 34.6 Å². The number of hydrogen-bond donors (Lipinski definition) is 5. The van der Waals surface area contributed by atoms with Gasteiger partial charge in [-0.1, -0.05) is 41.0 Å². The molecule has 0 bridgehead atoms. The molecule has 0 aliphatic rings. The van der Waals surface area contributed by atoms with Crippen molar-refractivity contribution in [1.82, 2.24) is 40.9 Å². The topological polar surface area (TPSA) is 235 Å². The number of urea groups is 3. The minimum atomic E-state index is -1.94. The Bertz CT molecular complexity index is 1230. The number of carbonyl (C=O) groups is 9. The van der Waals surface area contributed by atoms with Crippen LogP contribution in [0.5, 0.6) is 0 Å². The molecule has 5 N–H and O–H groups in total. The second-order valence-electron chi connectivity index (χ2n) is 12.0. The number of rotatable bonds is 15. The van der Waals surface area contributed by atoms with Gasteiger partial charge >= 0.3 is 24.1 Å². The highest BCUT2D eigenvalue weighted by molar-refractivity contribution is 6.08. The monoisotopic (exact) mass is 684 g/mol. The van der Waals surface area contributed by atoms with Crippen molar-refractivity contribution in [3.8, 4) is 0 Å². The number of hydrogen-bond acceptors (Lipinski definition) is 9. The Morgan fingerprint density at radius 3 is 1.73 bits per heavy atom. The fourth-order valence-corrected chi connectivity index (χ4v) is 4.68. The highest BCUT2D eigenvalue weighted by Gasteiger charge is 2.41. The van der Waals surface area contributed by atoms with E-state index in [1.54, 1.807) is 20.8 Å². The third kappa shape index (κ3) is 12.1. The summed E-state index contributed by atoms with van der Waals surface area (Å²) in [6.45, 7) is 10.1. The lowest BCUT2D eigenvalue weighted by Crippen LogP contribution is -2.60. The van der Waals surface area contributed by atoms with Gasteiger partial charge in [0.05, 0.1) is 0 Å². The van der Waals surface area contributed by atoms with E-state index in [1.165, 1.54) is 25.9 Å². The zero-order valence-corrected chi connectivity index (χ0v) is 29.7. The predicted molar refractivity (Wildman–Crippen MR) is 173 cm³/mol. The van der Waals surface area contributed by atoms with Crippen LogP contribution in [-0.4, -0.2) is 138 Å². The molecule has 0 radical (unpaired) electrons. The summed E-state index contributed by atoms with van der Waals surface area (Å²) in [5.41, 5.74) is 0. The number of nitrogens with zero attached hydrogens (tertiary/aromatic N) is 4. The molecule has 48 heavy (non-hydrogen) atoms. The molecule has 0 aromatic heterocycles. The van der Waals surface area contributed by atoms with Crippen molar-refractivity contribution < 1.29 is 48.3 Å². The standard InChI is InChI=1S/C30H52N8O10/c1-12-14-20(39)36(9)22(27(44)45)26(43)37(10)21(17(5)13-2)24(41)33-29(47)38(11)30(48)34-28(46)32-18(6)25(42)35(8)19(15-16(3)4)23(40)31-7/h16-19,21-22H,12-15H2,1-11H3,(H,31,40)(H,44,45)(H,33,41,47)(H2,32,34,46,48)/t17?,18-,19-,21-,22?/m0/s1. The average molecular weight is 685 g/mol. The van der Waals surface area contributed by atoms with E-state index in [4.69, 9.17) is 0 Å². The first kappa shape index (κ1) is 43.2. The van der Waals surface area contributed by atoms with Gasteiger partial charge in [-0.15, -0.1) is 0 Å². The molecule has 2 unspecified atom stereocenters. The molecule has 0 heterocycles. The maximum Gasteiger partial charge on any atom is 0.336 e. The van der Waals surface area contributed by atoms with Gasteiger partial charge in [0, 0.05) is 41.7 Å². The summed E-state index contributed by atoms with van der Waals surface area (Å²) in [4.78, 5) is 117. The second-order valence-corrected chi connectivity index (χ2v) is 12.0. The lowest BCUT2D eigenvalue weighted by Gasteiger charge is -2.35. The molecule has 0 spiro atoms. The predicted octanol–water partition coefficient (Wildman–Crippen LogP) is 0.166. The normalized spacial score (nSPS) is 13.8. The van der Waals surface area contributed by atoms with Crippen molar-refractivity contribution in [3.05, 3.63) is 0 Å². The Morgan fingerprint density at radius 1 is 0.729 bits per heavy atom. The van der Waals surface area contributed by atoms with Gasteiger partial charge in [-0.2, -0.15) is 0 Å². The smallest absolute Gasteiger partial charge is 0.336 e. The molecule has 0 aliphatic heterocycles. The van der Waals surface area contributed by atoms with Crippen LogP contribution in [0.15, 0.2) is 0 Å². The van der Waals surface area contributed by atoms with Crippen molar-refractivity contribution in [3.63, 3.8) is 0 Å². The third-order valence-corrected chi connectivity index (χ3v) is 7.77. The Kier molecular flexibility index (Phi) is 17.8. The van der Waals surface area contributed by atoms with Crippen molar-refractivity contribution in [1.29, 1.82) is 0 Å². The molecule has 18 nitrogen and oxygen atoms in total. The molecule has 0 saturated carbocycles.